The van der Waals surface area contributed by atoms with Crippen molar-refractivity contribution in [3.05, 3.63) is 47.7 Å². The largest absolute Gasteiger partial charge is 0.486 e. The predicted octanol–water partition coefficient (Wildman–Crippen LogP) is 2.55. The number of nitrogens with zero attached hydrogens (tertiary/aromatic N) is 4. The summed E-state index contributed by atoms with van der Waals surface area (Å²) in [6.07, 6.45) is 3.62. The molecule has 0 bridgehead atoms. The number of hydrogen-bond acceptors (Lipinski definition) is 9. The van der Waals surface area contributed by atoms with Gasteiger partial charge in [-0.25, -0.2) is 9.37 Å². The first-order chi connectivity index (χ1) is 16.6. The number of halogens is 3. The number of likely N-dealkylation sites (tertiary alicyclic amines) is 1. The number of fused-ring (bicyclic) bond motifs is 2. The maximum atomic E-state index is 14.6. The van der Waals surface area contributed by atoms with E-state index in [0.717, 1.165) is 18.7 Å². The number of methoxy groups -OCH3 is 1. The van der Waals surface area contributed by atoms with Crippen molar-refractivity contribution in [2.45, 2.75) is 31.5 Å². The maximum absolute atomic E-state index is 14.6. The number of ether oxygens (including phenoxy) is 3. The second kappa shape index (κ2) is 12.6. The fourth-order valence-corrected chi connectivity index (χ4v) is 4.46. The summed E-state index contributed by atoms with van der Waals surface area (Å²) >= 11 is 0. The highest BCUT2D eigenvalue weighted by Gasteiger charge is 2.27. The van der Waals surface area contributed by atoms with Gasteiger partial charge in [-0.1, -0.05) is 0 Å². The highest BCUT2D eigenvalue weighted by molar-refractivity contribution is 5.85. The Hall–Kier alpha value is -2.50. The lowest BCUT2D eigenvalue weighted by molar-refractivity contribution is 0.0402. The average molecular weight is 542 g/mol. The third-order valence-corrected chi connectivity index (χ3v) is 6.32. The van der Waals surface area contributed by atoms with Gasteiger partial charge >= 0.3 is 0 Å². The van der Waals surface area contributed by atoms with Crippen LogP contribution in [0.1, 0.15) is 17.7 Å². The monoisotopic (exact) mass is 541 g/mol. The van der Waals surface area contributed by atoms with Crippen molar-refractivity contribution < 1.29 is 23.7 Å². The number of aliphatic hydroxyl groups is 1. The Labute approximate surface area is 221 Å². The molecule has 2 atom stereocenters. The minimum Gasteiger partial charge on any atom is -0.486 e. The standard InChI is InChI=1S/C24H28FN5O4.2ClH/c1-32-23-3-2-19-24(29-23)16(17(25)12-28-19)4-6-30-7-5-18(20(31)14-30)27-11-15-10-21-22(13-26-15)34-9-8-33-21;;/h2-3,10,12-13,18,20,27,31H,4-9,11,14H2,1H3;2*1H/t18-,20+;;/m1../s1. The summed E-state index contributed by atoms with van der Waals surface area (Å²) in [4.78, 5) is 15.1. The van der Waals surface area contributed by atoms with Gasteiger partial charge in [-0.15, -0.1) is 24.8 Å². The zero-order valence-electron chi connectivity index (χ0n) is 19.9. The molecule has 1 saturated heterocycles. The van der Waals surface area contributed by atoms with E-state index in [2.05, 4.69) is 25.2 Å². The molecule has 3 aromatic rings. The highest BCUT2D eigenvalue weighted by Crippen LogP contribution is 2.29. The van der Waals surface area contributed by atoms with E-state index in [9.17, 15) is 9.50 Å². The summed E-state index contributed by atoms with van der Waals surface area (Å²) in [5, 5.41) is 14.1. The van der Waals surface area contributed by atoms with Gasteiger partial charge in [0.2, 0.25) is 5.88 Å². The highest BCUT2D eigenvalue weighted by atomic mass is 35.5. The van der Waals surface area contributed by atoms with Gasteiger partial charge in [0.05, 0.1) is 42.3 Å². The van der Waals surface area contributed by atoms with Gasteiger partial charge in [0.15, 0.2) is 11.5 Å². The van der Waals surface area contributed by atoms with Gasteiger partial charge in [-0.2, -0.15) is 0 Å². The average Bonchev–Trinajstić information content (AvgIpc) is 2.87. The number of nitrogens with one attached hydrogen (secondary N) is 1. The van der Waals surface area contributed by atoms with Crippen molar-refractivity contribution in [1.82, 2.24) is 25.2 Å². The molecular formula is C24H30Cl2FN5O4. The quantitative estimate of drug-likeness (QED) is 0.467. The van der Waals surface area contributed by atoms with Crippen LogP contribution in [0.4, 0.5) is 4.39 Å². The van der Waals surface area contributed by atoms with Gasteiger partial charge in [0.1, 0.15) is 19.0 Å². The van der Waals surface area contributed by atoms with Crippen LogP contribution < -0.4 is 19.5 Å². The van der Waals surface area contributed by atoms with E-state index in [-0.39, 0.29) is 36.7 Å². The van der Waals surface area contributed by atoms with Crippen molar-refractivity contribution in [1.29, 1.82) is 0 Å². The summed E-state index contributed by atoms with van der Waals surface area (Å²) < 4.78 is 30.9. The Morgan fingerprint density at radius 1 is 1.17 bits per heavy atom. The Morgan fingerprint density at radius 3 is 2.75 bits per heavy atom. The summed E-state index contributed by atoms with van der Waals surface area (Å²) in [5.74, 6) is 1.42. The van der Waals surface area contributed by atoms with Crippen LogP contribution in [-0.4, -0.2) is 77.1 Å². The van der Waals surface area contributed by atoms with E-state index in [1.165, 1.54) is 13.3 Å². The van der Waals surface area contributed by atoms with Crippen LogP contribution in [0.2, 0.25) is 0 Å². The van der Waals surface area contributed by atoms with Crippen LogP contribution in [0.15, 0.2) is 30.6 Å². The topological polar surface area (TPSA) is 102 Å². The lowest BCUT2D eigenvalue weighted by atomic mass is 10.0. The van der Waals surface area contributed by atoms with Crippen LogP contribution in [-0.2, 0) is 13.0 Å². The molecule has 0 aliphatic carbocycles. The van der Waals surface area contributed by atoms with E-state index in [1.807, 2.05) is 6.07 Å². The molecule has 5 rings (SSSR count). The number of piperidine rings is 1. The summed E-state index contributed by atoms with van der Waals surface area (Å²) in [6.45, 7) is 3.51. The molecule has 0 radical (unpaired) electrons. The number of aliphatic hydroxyl groups excluding tert-OH is 1. The second-order valence-electron chi connectivity index (χ2n) is 8.52. The molecule has 2 aliphatic rings. The molecule has 0 saturated carbocycles. The van der Waals surface area contributed by atoms with Crippen molar-refractivity contribution in [3.8, 4) is 17.4 Å². The lowest BCUT2D eigenvalue weighted by Gasteiger charge is -2.36. The normalized spacial score (nSPS) is 19.3. The number of rotatable bonds is 7. The third-order valence-electron chi connectivity index (χ3n) is 6.32. The van der Waals surface area contributed by atoms with E-state index in [0.29, 0.717) is 73.2 Å². The molecule has 0 aromatic carbocycles. The Kier molecular flexibility index (Phi) is 9.86. The van der Waals surface area contributed by atoms with Crippen LogP contribution >= 0.6 is 24.8 Å². The Morgan fingerprint density at radius 2 is 1.97 bits per heavy atom. The van der Waals surface area contributed by atoms with Crippen LogP contribution in [0, 0.1) is 5.82 Å². The van der Waals surface area contributed by atoms with Crippen molar-refractivity contribution >= 4 is 35.8 Å². The third kappa shape index (κ3) is 6.24. The number of β-amino-alcohol motifs (C(OH)–C–C–N with tert-alkyl or cyclic N) is 1. The minimum absolute atomic E-state index is 0. The molecule has 36 heavy (non-hydrogen) atoms. The van der Waals surface area contributed by atoms with E-state index < -0.39 is 6.10 Å². The van der Waals surface area contributed by atoms with Crippen LogP contribution in [0.25, 0.3) is 11.0 Å². The second-order valence-corrected chi connectivity index (χ2v) is 8.52. The van der Waals surface area contributed by atoms with Crippen LogP contribution in [0.5, 0.6) is 17.4 Å². The molecule has 2 N–H and O–H groups in total. The molecule has 12 heteroatoms. The van der Waals surface area contributed by atoms with E-state index >= 15 is 0 Å². The van der Waals surface area contributed by atoms with Crippen molar-refractivity contribution in [2.75, 3.05) is 40.0 Å². The molecule has 0 unspecified atom stereocenters. The predicted molar refractivity (Wildman–Crippen MR) is 137 cm³/mol. The van der Waals surface area contributed by atoms with Crippen molar-refractivity contribution in [3.63, 3.8) is 0 Å². The van der Waals surface area contributed by atoms with Gasteiger partial charge in [-0.05, 0) is 25.5 Å². The zero-order valence-corrected chi connectivity index (χ0v) is 21.5. The lowest BCUT2D eigenvalue weighted by Crippen LogP contribution is -2.52. The Balaban J connectivity index is 0.00000180. The summed E-state index contributed by atoms with van der Waals surface area (Å²) in [7, 11) is 1.53. The maximum Gasteiger partial charge on any atom is 0.213 e. The number of hydrogen-bond donors (Lipinski definition) is 2. The van der Waals surface area contributed by atoms with E-state index in [1.54, 1.807) is 18.3 Å². The SMILES string of the molecule is COc1ccc2ncc(F)c(CCN3CC[C@@H](NCc4cc5c(cn4)OCCO5)[C@@H](O)C3)c2n1.Cl.Cl. The van der Waals surface area contributed by atoms with E-state index in [4.69, 9.17) is 14.2 Å². The molecule has 9 nitrogen and oxygen atoms in total. The van der Waals surface area contributed by atoms with Gasteiger partial charge in [-0.3, -0.25) is 9.97 Å². The first-order valence-electron chi connectivity index (χ1n) is 11.5. The van der Waals surface area contributed by atoms with Gasteiger partial charge < -0.3 is 29.5 Å². The van der Waals surface area contributed by atoms with Crippen molar-refractivity contribution in [2.24, 2.45) is 0 Å². The number of pyridine rings is 3. The molecular weight excluding hydrogens is 512 g/mol. The summed E-state index contributed by atoms with van der Waals surface area (Å²) in [6, 6.07) is 5.32. The molecule has 0 amide bonds. The fraction of sp³-hybridized carbons (Fsp3) is 0.458. The molecule has 196 valence electrons. The fourth-order valence-electron chi connectivity index (χ4n) is 4.46. The minimum atomic E-state index is -0.539. The molecule has 5 heterocycles. The van der Waals surface area contributed by atoms with Gasteiger partial charge in [0, 0.05) is 43.4 Å². The molecule has 2 aliphatic heterocycles. The smallest absolute Gasteiger partial charge is 0.213 e. The van der Waals surface area contributed by atoms with Gasteiger partial charge in [0.25, 0.3) is 0 Å². The summed E-state index contributed by atoms with van der Waals surface area (Å²) in [5.41, 5.74) is 2.50. The Bertz CT molecular complexity index is 1170. The zero-order chi connectivity index (χ0) is 23.5. The molecule has 3 aromatic heterocycles. The number of aromatic nitrogens is 3. The first kappa shape index (κ1) is 28.1. The molecule has 1 fully saturated rings. The molecule has 0 spiro atoms. The van der Waals surface area contributed by atoms with Crippen LogP contribution in [0.3, 0.4) is 0 Å². The first-order valence-corrected chi connectivity index (χ1v) is 11.5.